The van der Waals surface area contributed by atoms with Gasteiger partial charge < -0.3 is 14.4 Å². The van der Waals surface area contributed by atoms with Crippen LogP contribution in [0.25, 0.3) is 5.69 Å². The van der Waals surface area contributed by atoms with Gasteiger partial charge in [-0.15, -0.1) is 0 Å². The molecular weight excluding hydrogens is 537 g/mol. The van der Waals surface area contributed by atoms with Crippen molar-refractivity contribution in [2.75, 3.05) is 57.5 Å². The number of hydrogen-bond acceptors (Lipinski definition) is 7. The fourth-order valence-electron chi connectivity index (χ4n) is 4.35. The number of anilines is 1. The second-order valence-electron chi connectivity index (χ2n) is 8.68. The van der Waals surface area contributed by atoms with E-state index in [0.29, 0.717) is 85.4 Å². The minimum atomic E-state index is -3.69. The highest BCUT2D eigenvalue weighted by Crippen LogP contribution is 2.34. The number of aryl methyl sites for hydroxylation is 1. The second kappa shape index (κ2) is 11.1. The minimum absolute atomic E-state index is 0.188. The van der Waals surface area contributed by atoms with E-state index in [1.165, 1.54) is 4.31 Å². The molecule has 37 heavy (non-hydrogen) atoms. The maximum atomic E-state index is 13.3. The van der Waals surface area contributed by atoms with Crippen molar-refractivity contribution < 1.29 is 17.9 Å². The zero-order valence-corrected chi connectivity index (χ0v) is 22.6. The molecule has 5 rings (SSSR count). The Morgan fingerprint density at radius 1 is 0.946 bits per heavy atom. The molecule has 1 aromatic heterocycles. The average Bonchev–Trinajstić information content (AvgIpc) is 3.21. The molecule has 2 aliphatic heterocycles. The lowest BCUT2D eigenvalue weighted by Gasteiger charge is -2.30. The summed E-state index contributed by atoms with van der Waals surface area (Å²) in [4.78, 5) is 7.07. The predicted octanol–water partition coefficient (Wildman–Crippen LogP) is 4.10. The van der Waals surface area contributed by atoms with E-state index >= 15 is 0 Å². The number of rotatable bonds is 6. The summed E-state index contributed by atoms with van der Waals surface area (Å²) in [6, 6.07) is 12.4. The molecule has 0 atom stereocenters. The van der Waals surface area contributed by atoms with Gasteiger partial charge in [-0.25, -0.2) is 13.1 Å². The molecule has 9 nitrogen and oxygen atoms in total. The van der Waals surface area contributed by atoms with E-state index in [1.54, 1.807) is 29.1 Å². The lowest BCUT2D eigenvalue weighted by atomic mass is 10.2. The maximum absolute atomic E-state index is 13.3. The number of aliphatic imine (C=N–C) groups is 1. The first-order valence-electron chi connectivity index (χ1n) is 11.9. The quantitative estimate of drug-likeness (QED) is 0.419. The zero-order valence-electron chi connectivity index (χ0n) is 20.3. The van der Waals surface area contributed by atoms with Crippen LogP contribution in [0.5, 0.6) is 0 Å². The molecule has 0 spiro atoms. The largest absolute Gasteiger partial charge is 0.379 e. The van der Waals surface area contributed by atoms with Gasteiger partial charge in [0.2, 0.25) is 10.0 Å². The number of aromatic nitrogens is 2. The van der Waals surface area contributed by atoms with Crippen molar-refractivity contribution in [2.24, 2.45) is 4.99 Å². The Hall–Kier alpha value is -2.47. The van der Waals surface area contributed by atoms with Gasteiger partial charge in [-0.2, -0.15) is 9.40 Å². The molecule has 12 heteroatoms. The summed E-state index contributed by atoms with van der Waals surface area (Å²) in [6.45, 7) is 5.78. The van der Waals surface area contributed by atoms with Crippen molar-refractivity contribution in [3.63, 3.8) is 0 Å². The first-order valence-corrected chi connectivity index (χ1v) is 14.1. The van der Waals surface area contributed by atoms with Crippen LogP contribution in [0.2, 0.25) is 10.2 Å². The number of halogens is 2. The van der Waals surface area contributed by atoms with Crippen LogP contribution < -0.4 is 4.90 Å². The molecule has 0 radical (unpaired) electrons. The molecule has 0 bridgehead atoms. The van der Waals surface area contributed by atoms with E-state index in [2.05, 4.69) is 10.00 Å². The molecule has 2 fully saturated rings. The zero-order chi connectivity index (χ0) is 26.0. The van der Waals surface area contributed by atoms with E-state index in [9.17, 15) is 8.42 Å². The number of sulfonamides is 1. The van der Waals surface area contributed by atoms with Crippen molar-refractivity contribution in [3.8, 4) is 5.69 Å². The number of morpholine rings is 2. The average molecular weight is 564 g/mol. The molecular formula is C25H27Cl2N5O4S. The molecule has 0 amide bonds. The van der Waals surface area contributed by atoms with Gasteiger partial charge in [-0.1, -0.05) is 35.3 Å². The second-order valence-corrected chi connectivity index (χ2v) is 11.4. The summed E-state index contributed by atoms with van der Waals surface area (Å²) < 4.78 is 40.5. The number of hydrogen-bond donors (Lipinski definition) is 0. The van der Waals surface area contributed by atoms with Crippen molar-refractivity contribution in [1.29, 1.82) is 0 Å². The normalized spacial score (nSPS) is 17.5. The minimum Gasteiger partial charge on any atom is -0.379 e. The third kappa shape index (κ3) is 5.41. The summed E-state index contributed by atoms with van der Waals surface area (Å²) in [5.74, 6) is 0. The van der Waals surface area contributed by atoms with Crippen LogP contribution in [-0.4, -0.2) is 81.3 Å². The summed E-state index contributed by atoms with van der Waals surface area (Å²) in [6.07, 6.45) is 1.63. The molecule has 0 N–H and O–H groups in total. The van der Waals surface area contributed by atoms with Gasteiger partial charge >= 0.3 is 0 Å². The van der Waals surface area contributed by atoms with Gasteiger partial charge in [0.05, 0.1) is 64.7 Å². The van der Waals surface area contributed by atoms with Crippen LogP contribution in [-0.2, 0) is 19.5 Å². The van der Waals surface area contributed by atoms with Crippen molar-refractivity contribution in [3.05, 3.63) is 63.9 Å². The van der Waals surface area contributed by atoms with E-state index in [1.807, 2.05) is 31.2 Å². The predicted molar refractivity (Wildman–Crippen MR) is 145 cm³/mol. The van der Waals surface area contributed by atoms with E-state index < -0.39 is 10.0 Å². The van der Waals surface area contributed by atoms with Crippen LogP contribution in [0.3, 0.4) is 0 Å². The Balaban J connectivity index is 1.54. The topological polar surface area (TPSA) is 89.3 Å². The van der Waals surface area contributed by atoms with Gasteiger partial charge in [0.25, 0.3) is 0 Å². The summed E-state index contributed by atoms with van der Waals surface area (Å²) in [7, 11) is -3.69. The number of benzene rings is 2. The van der Waals surface area contributed by atoms with E-state index in [-0.39, 0.29) is 4.90 Å². The molecule has 0 aliphatic carbocycles. The first-order chi connectivity index (χ1) is 17.9. The summed E-state index contributed by atoms with van der Waals surface area (Å²) >= 11 is 13.1. The number of para-hydroxylation sites is 1. The van der Waals surface area contributed by atoms with Crippen LogP contribution in [0.15, 0.2) is 52.4 Å². The summed E-state index contributed by atoms with van der Waals surface area (Å²) in [5, 5.41) is 5.43. The van der Waals surface area contributed by atoms with E-state index in [4.69, 9.17) is 37.7 Å². The third-order valence-corrected chi connectivity index (χ3v) is 8.95. The number of nitrogens with zero attached hydrogens (tertiary/aromatic N) is 5. The highest BCUT2D eigenvalue weighted by molar-refractivity contribution is 7.89. The first kappa shape index (κ1) is 26.1. The lowest BCUT2D eigenvalue weighted by Crippen LogP contribution is -2.40. The fraction of sp³-hybridized carbons (Fsp3) is 0.360. The lowest BCUT2D eigenvalue weighted by molar-refractivity contribution is 0.0730. The molecule has 2 aliphatic rings. The number of ether oxygens (including phenoxy) is 2. The maximum Gasteiger partial charge on any atom is 0.243 e. The van der Waals surface area contributed by atoms with E-state index in [0.717, 1.165) is 5.69 Å². The summed E-state index contributed by atoms with van der Waals surface area (Å²) in [5.41, 5.74) is 3.30. The Kier molecular flexibility index (Phi) is 7.85. The van der Waals surface area contributed by atoms with Gasteiger partial charge in [-0.3, -0.25) is 4.99 Å². The Bertz CT molecular complexity index is 1410. The van der Waals surface area contributed by atoms with Crippen LogP contribution in [0.4, 0.5) is 11.4 Å². The van der Waals surface area contributed by atoms with Gasteiger partial charge in [0.15, 0.2) is 0 Å². The molecule has 0 unspecified atom stereocenters. The molecule has 3 aromatic rings. The van der Waals surface area contributed by atoms with Crippen LogP contribution in [0.1, 0.15) is 11.3 Å². The molecule has 0 saturated carbocycles. The van der Waals surface area contributed by atoms with Crippen LogP contribution >= 0.6 is 23.2 Å². The fourth-order valence-corrected chi connectivity index (χ4v) is 6.31. The van der Waals surface area contributed by atoms with Crippen molar-refractivity contribution >= 4 is 50.8 Å². The molecule has 2 aromatic carbocycles. The molecule has 2 saturated heterocycles. The Labute approximate surface area is 226 Å². The molecule has 3 heterocycles. The van der Waals surface area contributed by atoms with Gasteiger partial charge in [-0.05, 0) is 37.3 Å². The van der Waals surface area contributed by atoms with Gasteiger partial charge in [0, 0.05) is 32.4 Å². The Morgan fingerprint density at radius 2 is 1.62 bits per heavy atom. The highest BCUT2D eigenvalue weighted by atomic mass is 35.5. The smallest absolute Gasteiger partial charge is 0.243 e. The SMILES string of the molecule is Cc1nn(-c2ccccc2Cl)c(Cl)c1C=Nc1cc(S(=O)(=O)N2CCOCC2)ccc1N1CCOCC1. The standard InChI is InChI=1S/C25H27Cl2N5O4S/c1-18-20(25(27)32(29-18)23-5-3-2-4-21(23)26)17-28-22-16-19(37(33,34)31-10-14-36-15-11-31)6-7-24(22)30-8-12-35-13-9-30/h2-7,16-17H,8-15H2,1H3. The Morgan fingerprint density at radius 3 is 2.32 bits per heavy atom. The van der Waals surface area contributed by atoms with Crippen molar-refractivity contribution in [2.45, 2.75) is 11.8 Å². The van der Waals surface area contributed by atoms with Gasteiger partial charge in [0.1, 0.15) is 5.15 Å². The highest BCUT2D eigenvalue weighted by Gasteiger charge is 2.28. The third-order valence-electron chi connectivity index (χ3n) is 6.37. The molecule has 196 valence electrons. The van der Waals surface area contributed by atoms with Crippen LogP contribution in [0, 0.1) is 6.92 Å². The van der Waals surface area contributed by atoms with Crippen molar-refractivity contribution in [1.82, 2.24) is 14.1 Å². The monoisotopic (exact) mass is 563 g/mol.